The van der Waals surface area contributed by atoms with Gasteiger partial charge in [-0.3, -0.25) is 9.78 Å². The molecule has 0 unspecified atom stereocenters. The van der Waals surface area contributed by atoms with Crippen LogP contribution < -0.4 is 0 Å². The highest BCUT2D eigenvalue weighted by Crippen LogP contribution is 2.22. The first-order valence-corrected chi connectivity index (χ1v) is 9.60. The minimum Gasteiger partial charge on any atom is -0.336 e. The number of piperazine rings is 1. The molecule has 0 bridgehead atoms. The number of sulfonamides is 1. The summed E-state index contributed by atoms with van der Waals surface area (Å²) >= 11 is 0. The van der Waals surface area contributed by atoms with Crippen molar-refractivity contribution in [2.75, 3.05) is 26.2 Å². The Balaban J connectivity index is 1.72. The Morgan fingerprint density at radius 2 is 1.80 bits per heavy atom. The van der Waals surface area contributed by atoms with E-state index in [9.17, 15) is 13.2 Å². The topological polar surface area (TPSA) is 70.6 Å². The molecule has 1 aromatic heterocycles. The number of rotatable bonds is 3. The second-order valence-electron chi connectivity index (χ2n) is 6.21. The normalized spacial score (nSPS) is 16.0. The third-order valence-corrected chi connectivity index (χ3v) is 6.44. The third kappa shape index (κ3) is 3.57. The average Bonchev–Trinajstić information content (AvgIpc) is 2.61. The SMILES string of the molecule is Cc1ccc(S(=O)(=O)N2CCN(C(=O)c3cccnc3)CC2)c(C)c1. The maximum absolute atomic E-state index is 12.9. The smallest absolute Gasteiger partial charge is 0.255 e. The zero-order valence-electron chi connectivity index (χ0n) is 14.3. The molecule has 1 aliphatic rings. The van der Waals surface area contributed by atoms with E-state index in [0.29, 0.717) is 36.6 Å². The molecule has 1 aliphatic heterocycles. The molecule has 2 heterocycles. The molecule has 1 aromatic carbocycles. The van der Waals surface area contributed by atoms with E-state index in [1.165, 1.54) is 10.5 Å². The molecular formula is C18H21N3O3S. The minimum atomic E-state index is -3.54. The number of carbonyl (C=O) groups is 1. The Morgan fingerprint density at radius 3 is 2.40 bits per heavy atom. The van der Waals surface area contributed by atoms with Crippen LogP contribution >= 0.6 is 0 Å². The number of benzene rings is 1. The average molecular weight is 359 g/mol. The van der Waals surface area contributed by atoms with Crippen LogP contribution in [0.1, 0.15) is 21.5 Å². The second-order valence-corrected chi connectivity index (χ2v) is 8.11. The van der Waals surface area contributed by atoms with E-state index in [2.05, 4.69) is 4.98 Å². The number of nitrogens with zero attached hydrogens (tertiary/aromatic N) is 3. The second kappa shape index (κ2) is 6.93. The summed E-state index contributed by atoms with van der Waals surface area (Å²) in [5, 5.41) is 0. The maximum atomic E-state index is 12.9. The van der Waals surface area contributed by atoms with Gasteiger partial charge in [0.05, 0.1) is 10.5 Å². The Bertz CT molecular complexity index is 874. The highest BCUT2D eigenvalue weighted by molar-refractivity contribution is 7.89. The molecule has 1 amide bonds. The van der Waals surface area contributed by atoms with Crippen LogP contribution in [-0.4, -0.2) is 54.7 Å². The fourth-order valence-corrected chi connectivity index (χ4v) is 4.66. The minimum absolute atomic E-state index is 0.114. The standard InChI is InChI=1S/C18H21N3O3S/c1-14-5-6-17(15(2)12-14)25(23,24)21-10-8-20(9-11-21)18(22)16-4-3-7-19-13-16/h3-7,12-13H,8-11H2,1-2H3. The van der Waals surface area contributed by atoms with E-state index in [1.54, 1.807) is 29.3 Å². The predicted molar refractivity (Wildman–Crippen MR) is 94.8 cm³/mol. The number of amides is 1. The van der Waals surface area contributed by atoms with E-state index >= 15 is 0 Å². The Hall–Kier alpha value is -2.25. The number of aryl methyl sites for hydroxylation is 2. The van der Waals surface area contributed by atoms with Crippen LogP contribution in [0.2, 0.25) is 0 Å². The molecule has 0 saturated carbocycles. The van der Waals surface area contributed by atoms with Crippen molar-refractivity contribution in [3.8, 4) is 0 Å². The van der Waals surface area contributed by atoms with E-state index < -0.39 is 10.0 Å². The summed E-state index contributed by atoms with van der Waals surface area (Å²) in [6.45, 7) is 5.08. The van der Waals surface area contributed by atoms with Crippen LogP contribution in [-0.2, 0) is 10.0 Å². The summed E-state index contributed by atoms with van der Waals surface area (Å²) in [5.41, 5.74) is 2.30. The summed E-state index contributed by atoms with van der Waals surface area (Å²) in [4.78, 5) is 18.4. The fraction of sp³-hybridized carbons (Fsp3) is 0.333. The van der Waals surface area contributed by atoms with Gasteiger partial charge in [0.25, 0.3) is 5.91 Å². The molecule has 3 rings (SSSR count). The summed E-state index contributed by atoms with van der Waals surface area (Å²) in [5.74, 6) is -0.114. The highest BCUT2D eigenvalue weighted by atomic mass is 32.2. The lowest BCUT2D eigenvalue weighted by atomic mass is 10.2. The third-order valence-electron chi connectivity index (χ3n) is 4.38. The van der Waals surface area contributed by atoms with Gasteiger partial charge in [0.2, 0.25) is 10.0 Å². The molecule has 1 fully saturated rings. The van der Waals surface area contributed by atoms with Crippen molar-refractivity contribution in [3.05, 3.63) is 59.4 Å². The maximum Gasteiger partial charge on any atom is 0.255 e. The van der Waals surface area contributed by atoms with Crippen LogP contribution in [0.3, 0.4) is 0 Å². The van der Waals surface area contributed by atoms with Crippen molar-refractivity contribution >= 4 is 15.9 Å². The first-order chi connectivity index (χ1) is 11.9. The Labute approximate surface area is 148 Å². The highest BCUT2D eigenvalue weighted by Gasteiger charge is 2.31. The summed E-state index contributed by atoms with van der Waals surface area (Å²) < 4.78 is 27.2. The fourth-order valence-electron chi connectivity index (χ4n) is 3.03. The summed E-state index contributed by atoms with van der Waals surface area (Å²) in [7, 11) is -3.54. The van der Waals surface area contributed by atoms with E-state index in [4.69, 9.17) is 0 Å². The first kappa shape index (κ1) is 17.6. The van der Waals surface area contributed by atoms with Gasteiger partial charge >= 0.3 is 0 Å². The van der Waals surface area contributed by atoms with Crippen molar-refractivity contribution in [2.45, 2.75) is 18.7 Å². The lowest BCUT2D eigenvalue weighted by Gasteiger charge is -2.34. The lowest BCUT2D eigenvalue weighted by Crippen LogP contribution is -2.50. The van der Waals surface area contributed by atoms with Crippen LogP contribution in [0.15, 0.2) is 47.6 Å². The largest absolute Gasteiger partial charge is 0.336 e. The summed E-state index contributed by atoms with van der Waals surface area (Å²) in [6, 6.07) is 8.77. The van der Waals surface area contributed by atoms with E-state index in [1.807, 2.05) is 26.0 Å². The monoisotopic (exact) mass is 359 g/mol. The van der Waals surface area contributed by atoms with Crippen molar-refractivity contribution in [3.63, 3.8) is 0 Å². The van der Waals surface area contributed by atoms with Gasteiger partial charge in [-0.1, -0.05) is 17.7 Å². The molecule has 1 saturated heterocycles. The molecule has 0 N–H and O–H groups in total. The van der Waals surface area contributed by atoms with Gasteiger partial charge in [-0.15, -0.1) is 0 Å². The van der Waals surface area contributed by atoms with E-state index in [-0.39, 0.29) is 5.91 Å². The van der Waals surface area contributed by atoms with Crippen LogP contribution in [0, 0.1) is 13.8 Å². The number of carbonyl (C=O) groups excluding carboxylic acids is 1. The van der Waals surface area contributed by atoms with Crippen molar-refractivity contribution < 1.29 is 13.2 Å². The molecule has 0 aliphatic carbocycles. The van der Waals surface area contributed by atoms with Crippen LogP contribution in [0.25, 0.3) is 0 Å². The molecule has 0 radical (unpaired) electrons. The van der Waals surface area contributed by atoms with Crippen LogP contribution in [0.5, 0.6) is 0 Å². The first-order valence-electron chi connectivity index (χ1n) is 8.16. The van der Waals surface area contributed by atoms with E-state index in [0.717, 1.165) is 11.1 Å². The quantitative estimate of drug-likeness (QED) is 0.838. The Kier molecular flexibility index (Phi) is 4.87. The Morgan fingerprint density at radius 1 is 1.08 bits per heavy atom. The van der Waals surface area contributed by atoms with Gasteiger partial charge in [-0.25, -0.2) is 8.42 Å². The summed E-state index contributed by atoms with van der Waals surface area (Å²) in [6.07, 6.45) is 3.15. The lowest BCUT2D eigenvalue weighted by molar-refractivity contribution is 0.0697. The molecule has 6 nitrogen and oxygen atoms in total. The molecular weight excluding hydrogens is 338 g/mol. The van der Waals surface area contributed by atoms with Crippen molar-refractivity contribution in [1.29, 1.82) is 0 Å². The predicted octanol–water partition coefficient (Wildman–Crippen LogP) is 1.85. The number of hydrogen-bond acceptors (Lipinski definition) is 4. The number of hydrogen-bond donors (Lipinski definition) is 0. The zero-order chi connectivity index (χ0) is 18.0. The molecule has 132 valence electrons. The molecule has 0 spiro atoms. The van der Waals surface area contributed by atoms with Crippen molar-refractivity contribution in [2.24, 2.45) is 0 Å². The van der Waals surface area contributed by atoms with Gasteiger partial charge in [-0.2, -0.15) is 4.31 Å². The molecule has 2 aromatic rings. The zero-order valence-corrected chi connectivity index (χ0v) is 15.2. The van der Waals surface area contributed by atoms with Gasteiger partial charge < -0.3 is 4.90 Å². The molecule has 25 heavy (non-hydrogen) atoms. The van der Waals surface area contributed by atoms with Crippen molar-refractivity contribution in [1.82, 2.24) is 14.2 Å². The van der Waals surface area contributed by atoms with Gasteiger partial charge in [0.1, 0.15) is 0 Å². The van der Waals surface area contributed by atoms with Gasteiger partial charge in [0, 0.05) is 38.6 Å². The number of pyridine rings is 1. The number of aromatic nitrogens is 1. The van der Waals surface area contributed by atoms with Gasteiger partial charge in [0.15, 0.2) is 0 Å². The van der Waals surface area contributed by atoms with Gasteiger partial charge in [-0.05, 0) is 37.6 Å². The molecule has 7 heteroatoms. The molecule has 0 atom stereocenters. The van der Waals surface area contributed by atoms with Crippen LogP contribution in [0.4, 0.5) is 0 Å².